The van der Waals surface area contributed by atoms with Crippen molar-refractivity contribution >= 4 is 10.9 Å². The smallest absolute Gasteiger partial charge is 0.0719 e. The van der Waals surface area contributed by atoms with Crippen LogP contribution in [0.2, 0.25) is 0 Å². The van der Waals surface area contributed by atoms with Gasteiger partial charge in [0.25, 0.3) is 0 Å². The number of nitrogens with zero attached hydrogens (tertiary/aromatic N) is 2. The second kappa shape index (κ2) is 5.98. The Morgan fingerprint density at radius 3 is 2.89 bits per heavy atom. The molecule has 0 fully saturated rings. The van der Waals surface area contributed by atoms with Crippen molar-refractivity contribution in [3.8, 4) is 0 Å². The molecule has 0 saturated heterocycles. The number of hydrazine groups is 1. The molecule has 0 spiro atoms. The van der Waals surface area contributed by atoms with Crippen LogP contribution in [0.25, 0.3) is 10.9 Å². The van der Waals surface area contributed by atoms with Crippen LogP contribution in [0.1, 0.15) is 31.9 Å². The van der Waals surface area contributed by atoms with E-state index in [1.54, 1.807) is 0 Å². The number of aromatic nitrogens is 2. The molecule has 0 bridgehead atoms. The van der Waals surface area contributed by atoms with Crippen molar-refractivity contribution in [3.05, 3.63) is 30.0 Å². The van der Waals surface area contributed by atoms with Gasteiger partial charge in [0.05, 0.1) is 11.2 Å². The molecule has 0 saturated carbocycles. The third-order valence-corrected chi connectivity index (χ3v) is 3.42. The molecule has 4 heteroatoms. The first-order valence-corrected chi connectivity index (χ1v) is 6.63. The minimum Gasteiger partial charge on any atom is -0.271 e. The van der Waals surface area contributed by atoms with Crippen LogP contribution in [-0.4, -0.2) is 15.8 Å². The molecule has 1 atom stereocenters. The van der Waals surface area contributed by atoms with E-state index in [9.17, 15) is 0 Å². The maximum atomic E-state index is 5.63. The Kier molecular flexibility index (Phi) is 4.33. The summed E-state index contributed by atoms with van der Waals surface area (Å²) in [6.45, 7) is 2.20. The molecule has 2 aromatic rings. The normalized spacial score (nSPS) is 13.1. The fraction of sp³-hybridized carbons (Fsp3) is 0.500. The van der Waals surface area contributed by atoms with Gasteiger partial charge in [-0.05, 0) is 12.5 Å². The zero-order chi connectivity index (χ0) is 13.0. The average molecular weight is 246 g/mol. The van der Waals surface area contributed by atoms with Crippen molar-refractivity contribution in [3.63, 3.8) is 0 Å². The number of hydrogen-bond donors (Lipinski definition) is 2. The summed E-state index contributed by atoms with van der Waals surface area (Å²) in [5.41, 5.74) is 5.22. The minimum atomic E-state index is 0.309. The molecule has 3 N–H and O–H groups in total. The van der Waals surface area contributed by atoms with Gasteiger partial charge in [0, 0.05) is 24.9 Å². The van der Waals surface area contributed by atoms with Gasteiger partial charge in [-0.2, -0.15) is 5.10 Å². The van der Waals surface area contributed by atoms with Gasteiger partial charge >= 0.3 is 0 Å². The summed E-state index contributed by atoms with van der Waals surface area (Å²) in [6, 6.07) is 8.64. The van der Waals surface area contributed by atoms with E-state index in [0.717, 1.165) is 18.5 Å². The number of fused-ring (bicyclic) bond motifs is 1. The lowest BCUT2D eigenvalue weighted by molar-refractivity contribution is 0.469. The lowest BCUT2D eigenvalue weighted by atomic mass is 10.0. The number of para-hydroxylation sites is 1. The predicted octanol–water partition coefficient (Wildman–Crippen LogP) is 2.14. The Bertz CT molecular complexity index is 503. The molecule has 2 rings (SSSR count). The third kappa shape index (κ3) is 2.71. The zero-order valence-electron chi connectivity index (χ0n) is 11.2. The predicted molar refractivity (Wildman–Crippen MR) is 75.1 cm³/mol. The topological polar surface area (TPSA) is 55.9 Å². The standard InChI is InChI=1S/C14H22N4/c1-3-4-7-11(16-15)10-13-12-8-5-6-9-14(12)18(2)17-13/h5-6,8-9,11,16H,3-4,7,10,15H2,1-2H3. The van der Waals surface area contributed by atoms with Gasteiger partial charge in [0.1, 0.15) is 0 Å². The zero-order valence-corrected chi connectivity index (χ0v) is 11.2. The van der Waals surface area contributed by atoms with Crippen LogP contribution in [0.3, 0.4) is 0 Å². The van der Waals surface area contributed by atoms with Gasteiger partial charge in [-0.15, -0.1) is 0 Å². The summed E-state index contributed by atoms with van der Waals surface area (Å²) in [6.07, 6.45) is 4.37. The van der Waals surface area contributed by atoms with E-state index < -0.39 is 0 Å². The van der Waals surface area contributed by atoms with Crippen LogP contribution in [0.5, 0.6) is 0 Å². The first kappa shape index (κ1) is 13.1. The first-order chi connectivity index (χ1) is 8.76. The Morgan fingerprint density at radius 2 is 2.17 bits per heavy atom. The number of aryl methyl sites for hydroxylation is 1. The number of rotatable bonds is 6. The second-order valence-electron chi connectivity index (χ2n) is 4.80. The van der Waals surface area contributed by atoms with Crippen molar-refractivity contribution in [2.24, 2.45) is 12.9 Å². The number of unbranched alkanes of at least 4 members (excludes halogenated alkanes) is 1. The van der Waals surface area contributed by atoms with E-state index >= 15 is 0 Å². The van der Waals surface area contributed by atoms with Gasteiger partial charge < -0.3 is 0 Å². The van der Waals surface area contributed by atoms with Gasteiger partial charge in [0.15, 0.2) is 0 Å². The van der Waals surface area contributed by atoms with Crippen molar-refractivity contribution in [2.45, 2.75) is 38.6 Å². The van der Waals surface area contributed by atoms with Crippen LogP contribution in [0.15, 0.2) is 24.3 Å². The Hall–Kier alpha value is -1.39. The van der Waals surface area contributed by atoms with Crippen LogP contribution in [0.4, 0.5) is 0 Å². The second-order valence-corrected chi connectivity index (χ2v) is 4.80. The molecular weight excluding hydrogens is 224 g/mol. The first-order valence-electron chi connectivity index (χ1n) is 6.63. The highest BCUT2D eigenvalue weighted by atomic mass is 15.3. The van der Waals surface area contributed by atoms with Crippen LogP contribution in [-0.2, 0) is 13.5 Å². The molecule has 18 heavy (non-hydrogen) atoms. The highest BCUT2D eigenvalue weighted by Gasteiger charge is 2.13. The Balaban J connectivity index is 2.20. The van der Waals surface area contributed by atoms with Crippen LogP contribution >= 0.6 is 0 Å². The van der Waals surface area contributed by atoms with Gasteiger partial charge in [-0.25, -0.2) is 0 Å². The van der Waals surface area contributed by atoms with Gasteiger partial charge in [-0.1, -0.05) is 38.0 Å². The molecule has 98 valence electrons. The largest absolute Gasteiger partial charge is 0.271 e. The maximum Gasteiger partial charge on any atom is 0.0719 e. The lowest BCUT2D eigenvalue weighted by Gasteiger charge is -2.13. The molecule has 0 radical (unpaired) electrons. The molecular formula is C14H22N4. The van der Waals surface area contributed by atoms with Crippen LogP contribution < -0.4 is 11.3 Å². The highest BCUT2D eigenvalue weighted by molar-refractivity contribution is 5.81. The fourth-order valence-corrected chi connectivity index (χ4v) is 2.37. The van der Waals surface area contributed by atoms with Gasteiger partial charge in [-0.3, -0.25) is 16.0 Å². The molecule has 1 heterocycles. The Labute approximate surface area is 108 Å². The number of nitrogens with two attached hydrogens (primary N) is 1. The molecule has 1 aromatic heterocycles. The third-order valence-electron chi connectivity index (χ3n) is 3.42. The monoisotopic (exact) mass is 246 g/mol. The summed E-state index contributed by atoms with van der Waals surface area (Å²) < 4.78 is 1.94. The summed E-state index contributed by atoms with van der Waals surface area (Å²) in [7, 11) is 1.99. The van der Waals surface area contributed by atoms with Crippen LogP contribution in [0, 0.1) is 0 Å². The number of nitrogens with one attached hydrogen (secondary N) is 1. The van der Waals surface area contributed by atoms with E-state index in [4.69, 9.17) is 5.84 Å². The van der Waals surface area contributed by atoms with Crippen molar-refractivity contribution in [2.75, 3.05) is 0 Å². The fourth-order valence-electron chi connectivity index (χ4n) is 2.37. The Morgan fingerprint density at radius 1 is 1.39 bits per heavy atom. The van der Waals surface area contributed by atoms with Crippen molar-refractivity contribution in [1.82, 2.24) is 15.2 Å². The van der Waals surface area contributed by atoms with E-state index in [2.05, 4.69) is 35.6 Å². The highest BCUT2D eigenvalue weighted by Crippen LogP contribution is 2.19. The van der Waals surface area contributed by atoms with E-state index in [1.165, 1.54) is 23.7 Å². The summed E-state index contributed by atoms with van der Waals surface area (Å²) in [5, 5.41) is 5.84. The minimum absolute atomic E-state index is 0.309. The lowest BCUT2D eigenvalue weighted by Crippen LogP contribution is -2.36. The van der Waals surface area contributed by atoms with Gasteiger partial charge in [0.2, 0.25) is 0 Å². The number of benzene rings is 1. The quantitative estimate of drug-likeness (QED) is 0.606. The number of hydrogen-bond acceptors (Lipinski definition) is 3. The molecule has 0 amide bonds. The molecule has 1 unspecified atom stereocenters. The summed E-state index contributed by atoms with van der Waals surface area (Å²) in [4.78, 5) is 0. The molecule has 4 nitrogen and oxygen atoms in total. The molecule has 0 aliphatic heterocycles. The summed E-state index contributed by atoms with van der Waals surface area (Å²) in [5.74, 6) is 5.63. The molecule has 0 aliphatic carbocycles. The molecule has 0 aliphatic rings. The van der Waals surface area contributed by atoms with E-state index in [-0.39, 0.29) is 0 Å². The van der Waals surface area contributed by atoms with E-state index in [0.29, 0.717) is 6.04 Å². The van der Waals surface area contributed by atoms with Crippen molar-refractivity contribution < 1.29 is 0 Å². The maximum absolute atomic E-state index is 5.63. The average Bonchev–Trinajstić information content (AvgIpc) is 2.72. The van der Waals surface area contributed by atoms with Crippen molar-refractivity contribution in [1.29, 1.82) is 0 Å². The summed E-state index contributed by atoms with van der Waals surface area (Å²) >= 11 is 0. The molecule has 1 aromatic carbocycles. The SMILES string of the molecule is CCCCC(Cc1nn(C)c2ccccc12)NN. The van der Waals surface area contributed by atoms with E-state index in [1.807, 2.05) is 17.8 Å².